The summed E-state index contributed by atoms with van der Waals surface area (Å²) in [5.41, 5.74) is 3.57. The lowest BCUT2D eigenvalue weighted by molar-refractivity contribution is 1.46. The average molecular weight is 251 g/mol. The Hall–Kier alpha value is -1.93. The zero-order chi connectivity index (χ0) is 12.4. The molecule has 0 saturated carbocycles. The number of aromatic nitrogens is 1. The molecule has 2 heteroatoms. The highest BCUT2D eigenvalue weighted by molar-refractivity contribution is 7.19. The van der Waals surface area contributed by atoms with Crippen LogP contribution >= 0.6 is 11.3 Å². The van der Waals surface area contributed by atoms with Crippen LogP contribution in [0.2, 0.25) is 0 Å². The maximum atomic E-state index is 4.58. The van der Waals surface area contributed by atoms with Crippen molar-refractivity contribution in [2.24, 2.45) is 0 Å². The van der Waals surface area contributed by atoms with Crippen LogP contribution in [0.3, 0.4) is 0 Å². The molecule has 3 aromatic rings. The summed E-state index contributed by atoms with van der Waals surface area (Å²) in [4.78, 5) is 4.58. The van der Waals surface area contributed by atoms with E-state index in [1.165, 1.54) is 15.8 Å². The van der Waals surface area contributed by atoms with E-state index in [4.69, 9.17) is 0 Å². The topological polar surface area (TPSA) is 12.9 Å². The van der Waals surface area contributed by atoms with E-state index in [-0.39, 0.29) is 0 Å². The van der Waals surface area contributed by atoms with Crippen LogP contribution in [0.4, 0.5) is 0 Å². The molecule has 0 saturated heterocycles. The Bertz CT molecular complexity index is 659. The first-order valence-electron chi connectivity index (χ1n) is 5.91. The van der Waals surface area contributed by atoms with Crippen molar-refractivity contribution < 1.29 is 0 Å². The second kappa shape index (κ2) is 4.75. The molecule has 0 amide bonds. The van der Waals surface area contributed by atoms with Gasteiger partial charge in [-0.1, -0.05) is 48.0 Å². The highest BCUT2D eigenvalue weighted by Crippen LogP contribution is 2.23. The number of hydrogen-bond acceptors (Lipinski definition) is 2. The highest BCUT2D eigenvalue weighted by atomic mass is 32.1. The summed E-state index contributed by atoms with van der Waals surface area (Å²) in [5.74, 6) is 0. The third-order valence-corrected chi connectivity index (χ3v) is 3.81. The monoisotopic (exact) mass is 251 g/mol. The molecule has 0 aliphatic heterocycles. The van der Waals surface area contributed by atoms with Gasteiger partial charge in [-0.25, -0.2) is 4.98 Å². The second-order valence-corrected chi connectivity index (χ2v) is 5.33. The van der Waals surface area contributed by atoms with Crippen molar-refractivity contribution in [3.63, 3.8) is 0 Å². The van der Waals surface area contributed by atoms with Gasteiger partial charge in [-0.2, -0.15) is 0 Å². The van der Waals surface area contributed by atoms with Gasteiger partial charge in [0.05, 0.1) is 10.2 Å². The van der Waals surface area contributed by atoms with Crippen LogP contribution in [0.5, 0.6) is 0 Å². The van der Waals surface area contributed by atoms with Gasteiger partial charge < -0.3 is 0 Å². The maximum absolute atomic E-state index is 4.58. The highest BCUT2D eigenvalue weighted by Gasteiger charge is 1.98. The summed E-state index contributed by atoms with van der Waals surface area (Å²) < 4.78 is 1.24. The zero-order valence-electron chi connectivity index (χ0n) is 10.1. The van der Waals surface area contributed by atoms with Crippen LogP contribution < -0.4 is 0 Å². The van der Waals surface area contributed by atoms with Crippen LogP contribution in [0.25, 0.3) is 22.4 Å². The van der Waals surface area contributed by atoms with E-state index < -0.39 is 0 Å². The standard InChI is InChI=1S/C16H13NS/c1-12-6-8-13(9-7-12)10-11-16-17-14-4-2-3-5-15(14)18-16/h2-11H,1H3/b11-10+. The minimum Gasteiger partial charge on any atom is -0.237 e. The molecule has 88 valence electrons. The normalized spacial score (nSPS) is 11.4. The van der Waals surface area contributed by atoms with Crippen molar-refractivity contribution in [2.45, 2.75) is 6.92 Å². The van der Waals surface area contributed by atoms with Crippen molar-refractivity contribution in [1.29, 1.82) is 0 Å². The summed E-state index contributed by atoms with van der Waals surface area (Å²) in [7, 11) is 0. The number of aryl methyl sites for hydroxylation is 1. The van der Waals surface area contributed by atoms with Gasteiger partial charge in [0.2, 0.25) is 0 Å². The van der Waals surface area contributed by atoms with Gasteiger partial charge in [0, 0.05) is 0 Å². The van der Waals surface area contributed by atoms with Gasteiger partial charge in [0.25, 0.3) is 0 Å². The van der Waals surface area contributed by atoms with E-state index in [9.17, 15) is 0 Å². The minimum absolute atomic E-state index is 1.05. The molecule has 0 radical (unpaired) electrons. The van der Waals surface area contributed by atoms with Crippen molar-refractivity contribution >= 4 is 33.7 Å². The van der Waals surface area contributed by atoms with Gasteiger partial charge in [-0.05, 0) is 30.7 Å². The molecule has 0 unspecified atom stereocenters. The Morgan fingerprint density at radius 2 is 1.72 bits per heavy atom. The van der Waals surface area contributed by atoms with E-state index in [0.29, 0.717) is 0 Å². The molecule has 0 N–H and O–H groups in total. The summed E-state index contributed by atoms with van der Waals surface area (Å²) in [5, 5.41) is 1.05. The molecule has 0 aliphatic carbocycles. The Morgan fingerprint density at radius 1 is 0.944 bits per heavy atom. The number of hydrogen-bond donors (Lipinski definition) is 0. The number of benzene rings is 2. The van der Waals surface area contributed by atoms with E-state index in [2.05, 4.69) is 60.5 Å². The van der Waals surface area contributed by atoms with Gasteiger partial charge >= 0.3 is 0 Å². The third kappa shape index (κ3) is 2.34. The van der Waals surface area contributed by atoms with Crippen LogP contribution in [-0.2, 0) is 0 Å². The fraction of sp³-hybridized carbons (Fsp3) is 0.0625. The molecular weight excluding hydrogens is 238 g/mol. The Labute approximate surface area is 110 Å². The molecule has 0 spiro atoms. The SMILES string of the molecule is Cc1ccc(/C=C/c2nc3ccccc3s2)cc1. The van der Waals surface area contributed by atoms with E-state index in [1.807, 2.05) is 12.1 Å². The van der Waals surface area contributed by atoms with Crippen LogP contribution in [-0.4, -0.2) is 4.98 Å². The first-order chi connectivity index (χ1) is 8.81. The fourth-order valence-electron chi connectivity index (χ4n) is 1.81. The predicted molar refractivity (Wildman–Crippen MR) is 79.7 cm³/mol. The van der Waals surface area contributed by atoms with Crippen LogP contribution in [0.1, 0.15) is 16.1 Å². The van der Waals surface area contributed by atoms with E-state index >= 15 is 0 Å². The number of thiazole rings is 1. The number of para-hydroxylation sites is 1. The van der Waals surface area contributed by atoms with Crippen LogP contribution in [0.15, 0.2) is 48.5 Å². The Kier molecular flexibility index (Phi) is 2.95. The van der Waals surface area contributed by atoms with E-state index in [1.54, 1.807) is 11.3 Å². The third-order valence-electron chi connectivity index (χ3n) is 2.81. The van der Waals surface area contributed by atoms with Crippen molar-refractivity contribution in [2.75, 3.05) is 0 Å². The Balaban J connectivity index is 1.89. The Morgan fingerprint density at radius 3 is 2.50 bits per heavy atom. The summed E-state index contributed by atoms with van der Waals surface area (Å²) in [6, 6.07) is 16.7. The molecule has 1 nitrogen and oxygen atoms in total. The summed E-state index contributed by atoms with van der Waals surface area (Å²) in [6.07, 6.45) is 4.19. The number of nitrogens with zero attached hydrogens (tertiary/aromatic N) is 1. The van der Waals surface area contributed by atoms with Crippen molar-refractivity contribution in [1.82, 2.24) is 4.98 Å². The molecule has 0 atom stereocenters. The van der Waals surface area contributed by atoms with Crippen molar-refractivity contribution in [3.05, 3.63) is 64.7 Å². The summed E-state index contributed by atoms with van der Waals surface area (Å²) >= 11 is 1.72. The number of rotatable bonds is 2. The quantitative estimate of drug-likeness (QED) is 0.639. The van der Waals surface area contributed by atoms with Crippen molar-refractivity contribution in [3.8, 4) is 0 Å². The van der Waals surface area contributed by atoms with Crippen LogP contribution in [0, 0.1) is 6.92 Å². The smallest absolute Gasteiger partial charge is 0.117 e. The summed E-state index contributed by atoms with van der Waals surface area (Å²) in [6.45, 7) is 2.10. The molecule has 0 aliphatic rings. The molecule has 0 fully saturated rings. The van der Waals surface area contributed by atoms with E-state index in [0.717, 1.165) is 10.5 Å². The average Bonchev–Trinajstić information content (AvgIpc) is 2.81. The fourth-order valence-corrected chi connectivity index (χ4v) is 2.68. The molecule has 0 bridgehead atoms. The molecule has 1 heterocycles. The molecule has 1 aromatic heterocycles. The molecular formula is C16H13NS. The number of fused-ring (bicyclic) bond motifs is 1. The first kappa shape index (κ1) is 11.2. The van der Waals surface area contributed by atoms with Gasteiger partial charge in [-0.15, -0.1) is 11.3 Å². The van der Waals surface area contributed by atoms with Gasteiger partial charge in [-0.3, -0.25) is 0 Å². The maximum Gasteiger partial charge on any atom is 0.117 e. The van der Waals surface area contributed by atoms with Gasteiger partial charge in [0.1, 0.15) is 5.01 Å². The lowest BCUT2D eigenvalue weighted by atomic mass is 10.1. The molecule has 18 heavy (non-hydrogen) atoms. The first-order valence-corrected chi connectivity index (χ1v) is 6.73. The molecule has 2 aromatic carbocycles. The largest absolute Gasteiger partial charge is 0.237 e. The lowest BCUT2D eigenvalue weighted by Gasteiger charge is -1.93. The lowest BCUT2D eigenvalue weighted by Crippen LogP contribution is -1.73. The predicted octanol–water partition coefficient (Wildman–Crippen LogP) is 4.78. The second-order valence-electron chi connectivity index (χ2n) is 4.26. The molecule has 3 rings (SSSR count). The minimum atomic E-state index is 1.05. The zero-order valence-corrected chi connectivity index (χ0v) is 10.9. The van der Waals surface area contributed by atoms with Gasteiger partial charge in [0.15, 0.2) is 0 Å².